The van der Waals surface area contributed by atoms with Crippen molar-refractivity contribution in [3.05, 3.63) is 106 Å². The second-order valence-corrected chi connectivity index (χ2v) is 12.0. The van der Waals surface area contributed by atoms with Crippen LogP contribution in [-0.4, -0.2) is 39.1 Å². The zero-order valence-corrected chi connectivity index (χ0v) is 29.3. The van der Waals surface area contributed by atoms with Crippen molar-refractivity contribution in [2.75, 3.05) is 27.1 Å². The van der Waals surface area contributed by atoms with Crippen LogP contribution in [0.5, 0.6) is 34.5 Å². The van der Waals surface area contributed by atoms with Gasteiger partial charge in [0.25, 0.3) is 0 Å². The van der Waals surface area contributed by atoms with E-state index in [9.17, 15) is 14.7 Å². The summed E-state index contributed by atoms with van der Waals surface area (Å²) in [5.41, 5.74) is 5.69. The number of carbonyl (C=O) groups excluding carboxylic acids is 2. The van der Waals surface area contributed by atoms with Gasteiger partial charge in [-0.2, -0.15) is 0 Å². The molecule has 7 rings (SSSR count). The Morgan fingerprint density at radius 2 is 1.56 bits per heavy atom. The van der Waals surface area contributed by atoms with Gasteiger partial charge in [0.1, 0.15) is 29.6 Å². The molecule has 3 unspecified atom stereocenters. The minimum atomic E-state index is -1.37. The molecule has 0 aromatic heterocycles. The summed E-state index contributed by atoms with van der Waals surface area (Å²) in [6, 6.07) is 22.7. The molecule has 4 aromatic rings. The molecule has 1 heterocycles. The average Bonchev–Trinajstić information content (AvgIpc) is 3.83. The normalized spacial score (nSPS) is 18.3. The summed E-state index contributed by atoms with van der Waals surface area (Å²) in [6.45, 7) is 2.02. The first-order chi connectivity index (χ1) is 22.9. The van der Waals surface area contributed by atoms with Gasteiger partial charge in [0.05, 0.1) is 25.6 Å². The molecule has 0 saturated carbocycles. The van der Waals surface area contributed by atoms with Gasteiger partial charge < -0.3 is 38.3 Å². The van der Waals surface area contributed by atoms with E-state index in [1.54, 1.807) is 12.1 Å². The maximum absolute atomic E-state index is 14.7. The smallest absolute Gasteiger partial charge is 0.546 e. The Hall–Kier alpha value is -4.18. The average molecular weight is 659 g/mol. The number of rotatable bonds is 11. The molecule has 9 nitrogen and oxygen atoms in total. The third-order valence-corrected chi connectivity index (χ3v) is 9.14. The van der Waals surface area contributed by atoms with E-state index >= 15 is 0 Å². The number of methoxy groups -OCH3 is 1. The van der Waals surface area contributed by atoms with Crippen molar-refractivity contribution in [1.29, 1.82) is 0 Å². The number of aryl methyl sites for hydroxylation is 2. The summed E-state index contributed by atoms with van der Waals surface area (Å²) in [6.07, 6.45) is 3.87. The third-order valence-electron chi connectivity index (χ3n) is 9.14. The zero-order valence-electron chi connectivity index (χ0n) is 27.3. The first kappa shape index (κ1) is 33.7. The van der Waals surface area contributed by atoms with Crippen LogP contribution in [0.3, 0.4) is 0 Å². The summed E-state index contributed by atoms with van der Waals surface area (Å²) >= 11 is 0. The number of benzene rings is 4. The molecule has 2 aliphatic carbocycles. The Morgan fingerprint density at radius 1 is 0.792 bits per heavy atom. The zero-order chi connectivity index (χ0) is 32.5. The molecule has 242 valence electrons. The molecule has 48 heavy (non-hydrogen) atoms. The first-order valence-corrected chi connectivity index (χ1v) is 15.9. The van der Waals surface area contributed by atoms with Crippen LogP contribution >= 0.6 is 0 Å². The van der Waals surface area contributed by atoms with Gasteiger partial charge in [-0.15, -0.1) is 0 Å². The summed E-state index contributed by atoms with van der Waals surface area (Å²) in [4.78, 5) is 26.2. The van der Waals surface area contributed by atoms with Crippen molar-refractivity contribution in [2.24, 2.45) is 5.92 Å². The van der Waals surface area contributed by atoms with E-state index in [1.807, 2.05) is 67.6 Å². The van der Waals surface area contributed by atoms with Gasteiger partial charge in [0.15, 0.2) is 11.5 Å². The number of carboxylic acid groups (broad SMARTS) is 1. The minimum Gasteiger partial charge on any atom is -0.546 e. The second-order valence-electron chi connectivity index (χ2n) is 12.0. The Kier molecular flexibility index (Phi) is 10.2. The van der Waals surface area contributed by atoms with Gasteiger partial charge in [-0.25, -0.2) is 0 Å². The van der Waals surface area contributed by atoms with E-state index in [4.69, 9.17) is 28.4 Å². The van der Waals surface area contributed by atoms with Crippen LogP contribution in [0.2, 0.25) is 0 Å². The van der Waals surface area contributed by atoms with E-state index in [0.717, 1.165) is 42.4 Å². The Balaban J connectivity index is 0.00000401. The monoisotopic (exact) mass is 658 g/mol. The van der Waals surface area contributed by atoms with Gasteiger partial charge in [0, 0.05) is 23.5 Å². The molecular weight excluding hydrogens is 623 g/mol. The molecular formula is C38H35NaO9. The van der Waals surface area contributed by atoms with Gasteiger partial charge in [-0.3, -0.25) is 4.79 Å². The predicted octanol–water partition coefficient (Wildman–Crippen LogP) is 2.33. The summed E-state index contributed by atoms with van der Waals surface area (Å²) in [7, 11) is 1.52. The molecule has 0 fully saturated rings. The van der Waals surface area contributed by atoms with Crippen molar-refractivity contribution in [3.8, 4) is 34.5 Å². The van der Waals surface area contributed by atoms with Crippen LogP contribution in [0.4, 0.5) is 0 Å². The molecule has 0 bridgehead atoms. The van der Waals surface area contributed by atoms with Crippen LogP contribution < -0.4 is 63.1 Å². The molecule has 3 aliphatic rings. The maximum Gasteiger partial charge on any atom is 1.00 e. The molecule has 0 amide bonds. The minimum absolute atomic E-state index is 0. The van der Waals surface area contributed by atoms with Gasteiger partial charge in [0.2, 0.25) is 6.79 Å². The van der Waals surface area contributed by atoms with Crippen LogP contribution in [0.15, 0.2) is 72.8 Å². The van der Waals surface area contributed by atoms with Crippen LogP contribution in [0.25, 0.3) is 0 Å². The fraction of sp³-hybridized carbons (Fsp3) is 0.316. The van der Waals surface area contributed by atoms with Crippen molar-refractivity contribution >= 4 is 11.9 Å². The fourth-order valence-electron chi connectivity index (χ4n) is 7.08. The number of hydrogen-bond acceptors (Lipinski definition) is 9. The fourth-order valence-corrected chi connectivity index (χ4v) is 7.08. The second kappa shape index (κ2) is 14.5. The van der Waals surface area contributed by atoms with E-state index in [0.29, 0.717) is 40.9 Å². The van der Waals surface area contributed by atoms with Crippen molar-refractivity contribution in [2.45, 2.75) is 44.4 Å². The molecule has 4 aromatic carbocycles. The van der Waals surface area contributed by atoms with Crippen molar-refractivity contribution in [1.82, 2.24) is 0 Å². The Morgan fingerprint density at radius 3 is 2.38 bits per heavy atom. The number of aliphatic carboxylic acids is 1. The molecule has 0 saturated heterocycles. The quantitative estimate of drug-likeness (QED) is 0.136. The summed E-state index contributed by atoms with van der Waals surface area (Å²) < 4.78 is 34.9. The van der Waals surface area contributed by atoms with E-state index in [2.05, 4.69) is 0 Å². The SMILES string of the molecule is CCCOc1ccc2c(c1)C(c1ccc(OC)cc1OCC(=O)[O-])C(C(=O)Oc1ccc3c(c1)CCC3)C2c1ccc2c(c1)OCO2.[Na+]. The Labute approximate surface area is 301 Å². The molecule has 1 aliphatic heterocycles. The summed E-state index contributed by atoms with van der Waals surface area (Å²) in [5.74, 6) is -0.493. The topological polar surface area (TPSA) is 113 Å². The van der Waals surface area contributed by atoms with Crippen LogP contribution in [0.1, 0.15) is 65.0 Å². The number of carboxylic acids is 1. The van der Waals surface area contributed by atoms with Crippen LogP contribution in [0, 0.1) is 5.92 Å². The molecule has 0 spiro atoms. The summed E-state index contributed by atoms with van der Waals surface area (Å²) in [5, 5.41) is 11.5. The number of esters is 1. The largest absolute Gasteiger partial charge is 1.00 e. The standard InChI is InChI=1S/C38H36O9.Na/c1-3-15-43-26-11-12-28-30(18-26)36(29-13-10-25(42-2)19-32(29)44-20-34(39)40)37(35(28)24-8-14-31-33(17-24)46-21-45-31)38(41)47-27-9-7-22-5-4-6-23(22)16-27;/h7-14,16-19,35-37H,3-6,15,20-21H2,1-2H3,(H,39,40);/q;+1/p-1. The Bertz CT molecular complexity index is 1840. The van der Waals surface area contributed by atoms with Crippen LogP contribution in [-0.2, 0) is 22.4 Å². The van der Waals surface area contributed by atoms with Crippen molar-refractivity contribution in [3.63, 3.8) is 0 Å². The van der Waals surface area contributed by atoms with E-state index < -0.39 is 36.3 Å². The predicted molar refractivity (Wildman–Crippen MR) is 170 cm³/mol. The number of fused-ring (bicyclic) bond motifs is 3. The third kappa shape index (κ3) is 6.59. The van der Waals surface area contributed by atoms with Gasteiger partial charge >= 0.3 is 35.5 Å². The van der Waals surface area contributed by atoms with Crippen molar-refractivity contribution < 1.29 is 72.7 Å². The number of ether oxygens (including phenoxy) is 6. The molecule has 3 atom stereocenters. The molecule has 10 heteroatoms. The van der Waals surface area contributed by atoms with Gasteiger partial charge in [-0.1, -0.05) is 31.2 Å². The first-order valence-electron chi connectivity index (χ1n) is 15.9. The van der Waals surface area contributed by atoms with E-state index in [-0.39, 0.29) is 42.1 Å². The molecule has 0 N–H and O–H groups in total. The van der Waals surface area contributed by atoms with Gasteiger partial charge in [-0.05, 0) is 96.0 Å². The van der Waals surface area contributed by atoms with E-state index in [1.165, 1.54) is 18.2 Å². The maximum atomic E-state index is 14.7. The number of carbonyl (C=O) groups is 2. The molecule has 0 radical (unpaired) electrons. The number of hydrogen-bond donors (Lipinski definition) is 0.